The molecule has 7 heteroatoms. The van der Waals surface area contributed by atoms with Crippen molar-refractivity contribution in [3.05, 3.63) is 35.9 Å². The van der Waals surface area contributed by atoms with Crippen LogP contribution in [0.3, 0.4) is 0 Å². The van der Waals surface area contributed by atoms with E-state index in [0.29, 0.717) is 5.56 Å². The first kappa shape index (κ1) is 18.3. The molecule has 0 unspecified atom stereocenters. The Hall–Kier alpha value is -2.70. The number of carbonyl (C=O) groups is 4. The number of urea groups is 1. The molecule has 124 valence electrons. The monoisotopic (exact) mass is 320 g/mol. The Morgan fingerprint density at radius 2 is 1.74 bits per heavy atom. The molecule has 1 aromatic carbocycles. The van der Waals surface area contributed by atoms with E-state index in [9.17, 15) is 19.2 Å². The van der Waals surface area contributed by atoms with Crippen LogP contribution in [0.15, 0.2) is 30.3 Å². The standard InChI is InChI=1S/C16H20N2O5/c1-11(19)7-8-17-16(23)18-10-14(20)13(9-15(21)22)12-5-3-2-4-6-12/h2-6,13H,7-10H2,1H3,(H,21,22)(H2,17,18,23)/t13-/m0/s1. The van der Waals surface area contributed by atoms with Crippen LogP contribution in [0.2, 0.25) is 0 Å². The molecule has 3 N–H and O–H groups in total. The van der Waals surface area contributed by atoms with Gasteiger partial charge in [-0.25, -0.2) is 4.79 Å². The minimum atomic E-state index is -1.09. The quantitative estimate of drug-likeness (QED) is 0.630. The summed E-state index contributed by atoms with van der Waals surface area (Å²) >= 11 is 0. The molecule has 0 aromatic heterocycles. The van der Waals surface area contributed by atoms with Crippen molar-refractivity contribution in [1.82, 2.24) is 10.6 Å². The molecule has 1 atom stereocenters. The van der Waals surface area contributed by atoms with Crippen molar-refractivity contribution in [1.29, 1.82) is 0 Å². The van der Waals surface area contributed by atoms with E-state index in [4.69, 9.17) is 5.11 Å². The lowest BCUT2D eigenvalue weighted by Gasteiger charge is -2.15. The highest BCUT2D eigenvalue weighted by molar-refractivity contribution is 5.93. The van der Waals surface area contributed by atoms with Gasteiger partial charge in [0.05, 0.1) is 18.9 Å². The van der Waals surface area contributed by atoms with Crippen molar-refractivity contribution in [2.45, 2.75) is 25.7 Å². The van der Waals surface area contributed by atoms with Crippen LogP contribution in [0.4, 0.5) is 4.79 Å². The highest BCUT2D eigenvalue weighted by atomic mass is 16.4. The van der Waals surface area contributed by atoms with E-state index >= 15 is 0 Å². The van der Waals surface area contributed by atoms with Gasteiger partial charge in [0.2, 0.25) is 0 Å². The van der Waals surface area contributed by atoms with Crippen molar-refractivity contribution >= 4 is 23.6 Å². The second-order valence-corrected chi connectivity index (χ2v) is 5.09. The van der Waals surface area contributed by atoms with Gasteiger partial charge in [-0.15, -0.1) is 0 Å². The number of hydrogen-bond acceptors (Lipinski definition) is 4. The van der Waals surface area contributed by atoms with Gasteiger partial charge < -0.3 is 15.7 Å². The maximum atomic E-state index is 12.2. The zero-order valence-corrected chi connectivity index (χ0v) is 12.9. The van der Waals surface area contributed by atoms with Gasteiger partial charge >= 0.3 is 12.0 Å². The van der Waals surface area contributed by atoms with Crippen LogP contribution in [-0.2, 0) is 14.4 Å². The molecule has 0 aliphatic carbocycles. The lowest BCUT2D eigenvalue weighted by atomic mass is 9.91. The van der Waals surface area contributed by atoms with Gasteiger partial charge in [-0.1, -0.05) is 30.3 Å². The molecular weight excluding hydrogens is 300 g/mol. The Balaban J connectivity index is 2.56. The average Bonchev–Trinajstić information content (AvgIpc) is 2.50. The van der Waals surface area contributed by atoms with Gasteiger partial charge in [-0.2, -0.15) is 0 Å². The zero-order chi connectivity index (χ0) is 17.2. The number of carbonyl (C=O) groups excluding carboxylic acids is 3. The van der Waals surface area contributed by atoms with Gasteiger partial charge in [-0.3, -0.25) is 14.4 Å². The highest BCUT2D eigenvalue weighted by Gasteiger charge is 2.23. The van der Waals surface area contributed by atoms with Crippen molar-refractivity contribution < 1.29 is 24.3 Å². The van der Waals surface area contributed by atoms with Gasteiger partial charge in [0.15, 0.2) is 5.78 Å². The molecule has 0 fully saturated rings. The van der Waals surface area contributed by atoms with E-state index in [0.717, 1.165) is 0 Å². The van der Waals surface area contributed by atoms with E-state index in [1.807, 2.05) is 0 Å². The predicted molar refractivity (Wildman–Crippen MR) is 83.1 cm³/mol. The number of rotatable bonds is 9. The van der Waals surface area contributed by atoms with Crippen LogP contribution in [0.25, 0.3) is 0 Å². The molecular formula is C16H20N2O5. The number of nitrogens with one attached hydrogen (secondary N) is 2. The third-order valence-corrected chi connectivity index (χ3v) is 3.16. The number of carboxylic acid groups (broad SMARTS) is 1. The van der Waals surface area contributed by atoms with Crippen molar-refractivity contribution in [3.8, 4) is 0 Å². The van der Waals surface area contributed by atoms with E-state index in [2.05, 4.69) is 10.6 Å². The number of Topliss-reactive ketones (excluding diaryl/α,β-unsaturated/α-hetero) is 2. The summed E-state index contributed by atoms with van der Waals surface area (Å²) in [5.41, 5.74) is 0.596. The molecule has 0 bridgehead atoms. The Kier molecular flexibility index (Phi) is 7.45. The van der Waals surface area contributed by atoms with E-state index in [1.54, 1.807) is 30.3 Å². The average molecular weight is 320 g/mol. The molecule has 1 aromatic rings. The summed E-state index contributed by atoms with van der Waals surface area (Å²) in [7, 11) is 0. The largest absolute Gasteiger partial charge is 0.481 e. The normalized spacial score (nSPS) is 11.3. The first-order valence-electron chi connectivity index (χ1n) is 7.20. The third-order valence-electron chi connectivity index (χ3n) is 3.16. The summed E-state index contributed by atoms with van der Waals surface area (Å²) in [6.07, 6.45) is -0.122. The van der Waals surface area contributed by atoms with E-state index in [-0.39, 0.29) is 37.5 Å². The predicted octanol–water partition coefficient (Wildman–Crippen LogP) is 1.09. The van der Waals surface area contributed by atoms with Crippen LogP contribution < -0.4 is 10.6 Å². The second-order valence-electron chi connectivity index (χ2n) is 5.09. The van der Waals surface area contributed by atoms with Crippen LogP contribution in [0, 0.1) is 0 Å². The fourth-order valence-electron chi connectivity index (χ4n) is 1.98. The number of amides is 2. The molecule has 0 aliphatic rings. The summed E-state index contributed by atoms with van der Waals surface area (Å²) in [6.45, 7) is 1.32. The van der Waals surface area contributed by atoms with Crippen molar-refractivity contribution in [2.24, 2.45) is 0 Å². The Morgan fingerprint density at radius 3 is 2.30 bits per heavy atom. The smallest absolute Gasteiger partial charge is 0.315 e. The molecule has 0 aliphatic heterocycles. The van der Waals surface area contributed by atoms with Gasteiger partial charge in [0, 0.05) is 13.0 Å². The Morgan fingerprint density at radius 1 is 1.09 bits per heavy atom. The number of carboxylic acids is 1. The number of ketones is 2. The molecule has 1 rings (SSSR count). The molecule has 0 saturated carbocycles. The number of aliphatic carboxylic acids is 1. The van der Waals surface area contributed by atoms with Crippen LogP contribution in [-0.4, -0.2) is 41.8 Å². The summed E-state index contributed by atoms with van der Waals surface area (Å²) in [5.74, 6) is -2.34. The Bertz CT molecular complexity index is 571. The first-order chi connectivity index (χ1) is 10.9. The van der Waals surface area contributed by atoms with Crippen molar-refractivity contribution in [2.75, 3.05) is 13.1 Å². The van der Waals surface area contributed by atoms with Crippen LogP contribution in [0.5, 0.6) is 0 Å². The zero-order valence-electron chi connectivity index (χ0n) is 12.9. The minimum Gasteiger partial charge on any atom is -0.481 e. The topological polar surface area (TPSA) is 113 Å². The molecule has 0 heterocycles. The summed E-state index contributed by atoms with van der Waals surface area (Å²) in [4.78, 5) is 45.4. The van der Waals surface area contributed by atoms with Crippen LogP contribution in [0.1, 0.15) is 31.2 Å². The lowest BCUT2D eigenvalue weighted by Crippen LogP contribution is -2.40. The molecule has 0 spiro atoms. The van der Waals surface area contributed by atoms with Gasteiger partial charge in [0.25, 0.3) is 0 Å². The SMILES string of the molecule is CC(=O)CCNC(=O)NCC(=O)[C@@H](CC(=O)O)c1ccccc1. The molecule has 23 heavy (non-hydrogen) atoms. The maximum absolute atomic E-state index is 12.2. The minimum absolute atomic E-state index is 0.0491. The van der Waals surface area contributed by atoms with Crippen molar-refractivity contribution in [3.63, 3.8) is 0 Å². The van der Waals surface area contributed by atoms with E-state index in [1.165, 1.54) is 6.92 Å². The van der Waals surface area contributed by atoms with Gasteiger partial charge in [0.1, 0.15) is 5.78 Å². The summed E-state index contributed by atoms with van der Waals surface area (Å²) < 4.78 is 0. The Labute approximate surface area is 134 Å². The van der Waals surface area contributed by atoms with Gasteiger partial charge in [-0.05, 0) is 12.5 Å². The molecule has 0 radical (unpaired) electrons. The first-order valence-corrected chi connectivity index (χ1v) is 7.20. The highest BCUT2D eigenvalue weighted by Crippen LogP contribution is 2.20. The summed E-state index contributed by atoms with van der Waals surface area (Å²) in [5, 5.41) is 13.8. The fraction of sp³-hybridized carbons (Fsp3) is 0.375. The maximum Gasteiger partial charge on any atom is 0.315 e. The van der Waals surface area contributed by atoms with Crippen LogP contribution >= 0.6 is 0 Å². The number of hydrogen-bond donors (Lipinski definition) is 3. The number of benzene rings is 1. The third kappa shape index (κ3) is 7.21. The molecule has 0 saturated heterocycles. The molecule has 7 nitrogen and oxygen atoms in total. The fourth-order valence-corrected chi connectivity index (χ4v) is 1.98. The molecule has 2 amide bonds. The lowest BCUT2D eigenvalue weighted by molar-refractivity contribution is -0.139. The summed E-state index contributed by atoms with van der Waals surface area (Å²) in [6, 6.07) is 8.00. The second kappa shape index (κ2) is 9.34. The van der Waals surface area contributed by atoms with E-state index < -0.39 is 17.9 Å².